The van der Waals surface area contributed by atoms with Crippen molar-refractivity contribution in [2.75, 3.05) is 26.2 Å². The van der Waals surface area contributed by atoms with Crippen LogP contribution in [-0.2, 0) is 6.42 Å². The molecule has 0 spiro atoms. The largest absolute Gasteiger partial charge is 0.492 e. The van der Waals surface area contributed by atoms with Gasteiger partial charge in [0.15, 0.2) is 0 Å². The number of fused-ring (bicyclic) bond motifs is 1. The van der Waals surface area contributed by atoms with Gasteiger partial charge in [-0.1, -0.05) is 66.2 Å². The van der Waals surface area contributed by atoms with E-state index in [9.17, 15) is 8.78 Å². The zero-order chi connectivity index (χ0) is 22.8. The van der Waals surface area contributed by atoms with Crippen molar-refractivity contribution in [3.05, 3.63) is 101 Å². The van der Waals surface area contributed by atoms with Crippen LogP contribution in [0.2, 0.25) is 0 Å². The molecule has 33 heavy (non-hydrogen) atoms. The van der Waals surface area contributed by atoms with Crippen LogP contribution in [-0.4, -0.2) is 37.6 Å². The Morgan fingerprint density at radius 2 is 1.70 bits per heavy atom. The minimum Gasteiger partial charge on any atom is -0.492 e. The van der Waals surface area contributed by atoms with Crippen LogP contribution >= 0.6 is 0 Å². The number of nitrogens with zero attached hydrogens (tertiary/aromatic N) is 1. The smallest absolute Gasteiger partial charge is 0.243 e. The SMILES string of the molecule is Cc1ccc2c(c1)CC[C@H](c1ccccc1)[C@@H]2c1ccc(OCCN2CC(C(F)F)C2)cc1. The molecule has 1 aliphatic heterocycles. The van der Waals surface area contributed by atoms with Gasteiger partial charge in [-0.05, 0) is 60.1 Å². The van der Waals surface area contributed by atoms with E-state index in [1.165, 1.54) is 27.8 Å². The molecular formula is C29H31F2NO. The third-order valence-corrected chi connectivity index (χ3v) is 7.25. The highest BCUT2D eigenvalue weighted by molar-refractivity contribution is 5.47. The number of rotatable bonds is 7. The zero-order valence-corrected chi connectivity index (χ0v) is 19.1. The number of likely N-dealkylation sites (tertiary alicyclic amines) is 1. The summed E-state index contributed by atoms with van der Waals surface area (Å²) in [5, 5.41) is 0. The predicted molar refractivity (Wildman–Crippen MR) is 128 cm³/mol. The molecule has 0 saturated carbocycles. The van der Waals surface area contributed by atoms with Crippen LogP contribution in [0.1, 0.15) is 46.1 Å². The summed E-state index contributed by atoms with van der Waals surface area (Å²) in [7, 11) is 0. The number of aryl methyl sites for hydroxylation is 2. The quantitative estimate of drug-likeness (QED) is 0.414. The van der Waals surface area contributed by atoms with Gasteiger partial charge in [-0.25, -0.2) is 8.78 Å². The molecule has 3 aromatic rings. The summed E-state index contributed by atoms with van der Waals surface area (Å²) in [6.45, 7) is 4.32. The highest BCUT2D eigenvalue weighted by Crippen LogP contribution is 2.46. The molecule has 172 valence electrons. The van der Waals surface area contributed by atoms with Crippen LogP contribution in [0.4, 0.5) is 8.78 Å². The molecule has 0 unspecified atom stereocenters. The number of halogens is 2. The number of hydrogen-bond acceptors (Lipinski definition) is 2. The van der Waals surface area contributed by atoms with Gasteiger partial charge in [0.25, 0.3) is 0 Å². The third-order valence-electron chi connectivity index (χ3n) is 7.25. The first-order valence-corrected chi connectivity index (χ1v) is 12.0. The Bertz CT molecular complexity index is 1060. The molecule has 2 atom stereocenters. The Labute approximate surface area is 195 Å². The monoisotopic (exact) mass is 447 g/mol. The normalized spacial score (nSPS) is 21.0. The molecule has 1 heterocycles. The van der Waals surface area contributed by atoms with Gasteiger partial charge in [-0.3, -0.25) is 4.90 Å². The van der Waals surface area contributed by atoms with Gasteiger partial charge in [-0.2, -0.15) is 0 Å². The first kappa shape index (κ1) is 22.1. The fraction of sp³-hybridized carbons (Fsp3) is 0.379. The lowest BCUT2D eigenvalue weighted by atomic mass is 9.69. The van der Waals surface area contributed by atoms with Crippen molar-refractivity contribution >= 4 is 0 Å². The predicted octanol–water partition coefficient (Wildman–Crippen LogP) is 6.43. The van der Waals surface area contributed by atoms with Crippen molar-refractivity contribution in [3.63, 3.8) is 0 Å². The van der Waals surface area contributed by atoms with E-state index < -0.39 is 12.3 Å². The number of benzene rings is 3. The van der Waals surface area contributed by atoms with E-state index in [4.69, 9.17) is 4.74 Å². The van der Waals surface area contributed by atoms with E-state index >= 15 is 0 Å². The molecule has 0 amide bonds. The number of hydrogen-bond donors (Lipinski definition) is 0. The van der Waals surface area contributed by atoms with Crippen LogP contribution in [0.5, 0.6) is 5.75 Å². The summed E-state index contributed by atoms with van der Waals surface area (Å²) >= 11 is 0. The average Bonchev–Trinajstić information content (AvgIpc) is 2.80. The highest BCUT2D eigenvalue weighted by Gasteiger charge is 2.34. The van der Waals surface area contributed by atoms with E-state index in [-0.39, 0.29) is 0 Å². The zero-order valence-electron chi connectivity index (χ0n) is 19.1. The van der Waals surface area contributed by atoms with Gasteiger partial charge in [0.1, 0.15) is 12.4 Å². The summed E-state index contributed by atoms with van der Waals surface area (Å²) in [5.41, 5.74) is 6.91. The molecule has 0 radical (unpaired) electrons. The van der Waals surface area contributed by atoms with E-state index in [0.717, 1.165) is 18.6 Å². The molecule has 0 bridgehead atoms. The van der Waals surface area contributed by atoms with Gasteiger partial charge >= 0.3 is 0 Å². The van der Waals surface area contributed by atoms with Crippen molar-refractivity contribution in [2.24, 2.45) is 5.92 Å². The second-order valence-corrected chi connectivity index (χ2v) is 9.51. The molecule has 1 fully saturated rings. The minimum absolute atomic E-state index is 0.318. The first-order chi connectivity index (χ1) is 16.1. The van der Waals surface area contributed by atoms with Crippen LogP contribution in [0.25, 0.3) is 0 Å². The Hall–Kier alpha value is -2.72. The van der Waals surface area contributed by atoms with Crippen LogP contribution in [0, 0.1) is 12.8 Å². The molecule has 2 nitrogen and oxygen atoms in total. The van der Waals surface area contributed by atoms with E-state index in [2.05, 4.69) is 79.7 Å². The fourth-order valence-electron chi connectivity index (χ4n) is 5.44. The summed E-state index contributed by atoms with van der Waals surface area (Å²) < 4.78 is 31.2. The summed E-state index contributed by atoms with van der Waals surface area (Å²) in [6.07, 6.45) is 0.0407. The van der Waals surface area contributed by atoms with Crippen molar-refractivity contribution < 1.29 is 13.5 Å². The first-order valence-electron chi connectivity index (χ1n) is 12.0. The second-order valence-electron chi connectivity index (χ2n) is 9.51. The molecule has 5 rings (SSSR count). The summed E-state index contributed by atoms with van der Waals surface area (Å²) in [6, 6.07) is 26.2. The Morgan fingerprint density at radius 1 is 0.939 bits per heavy atom. The lowest BCUT2D eigenvalue weighted by Crippen LogP contribution is -2.51. The fourth-order valence-corrected chi connectivity index (χ4v) is 5.44. The number of alkyl halides is 2. The third kappa shape index (κ3) is 4.81. The van der Waals surface area contributed by atoms with Gasteiger partial charge < -0.3 is 4.74 Å². The Kier molecular flexibility index (Phi) is 6.45. The standard InChI is InChI=1S/C29H31F2NO/c1-20-7-13-27-23(17-20)10-14-26(21-5-3-2-4-6-21)28(27)22-8-11-25(12-9-22)33-16-15-32-18-24(19-32)29(30)31/h2-9,11-13,17,24,26,28-29H,10,14-16,18-19H2,1H3/t26-,28+/m1/s1. The van der Waals surface area contributed by atoms with Crippen LogP contribution < -0.4 is 4.74 Å². The molecule has 1 aliphatic carbocycles. The maximum Gasteiger partial charge on any atom is 0.243 e. The van der Waals surface area contributed by atoms with Crippen molar-refractivity contribution in [1.82, 2.24) is 4.90 Å². The minimum atomic E-state index is -2.21. The summed E-state index contributed by atoms with van der Waals surface area (Å²) in [5.74, 6) is 1.13. The lowest BCUT2D eigenvalue weighted by Gasteiger charge is -2.38. The molecule has 2 aliphatic rings. The van der Waals surface area contributed by atoms with Crippen LogP contribution in [0.3, 0.4) is 0 Å². The number of ether oxygens (including phenoxy) is 1. The molecule has 4 heteroatoms. The summed E-state index contributed by atoms with van der Waals surface area (Å²) in [4.78, 5) is 2.02. The average molecular weight is 448 g/mol. The maximum atomic E-state index is 12.6. The second kappa shape index (κ2) is 9.64. The topological polar surface area (TPSA) is 12.5 Å². The molecule has 0 N–H and O–H groups in total. The molecule has 1 saturated heterocycles. The van der Waals surface area contributed by atoms with Crippen LogP contribution in [0.15, 0.2) is 72.8 Å². The van der Waals surface area contributed by atoms with Crippen molar-refractivity contribution in [3.8, 4) is 5.75 Å². The van der Waals surface area contributed by atoms with Gasteiger partial charge in [0.05, 0.1) is 0 Å². The van der Waals surface area contributed by atoms with E-state index in [1.54, 1.807) is 0 Å². The lowest BCUT2D eigenvalue weighted by molar-refractivity contribution is -0.0280. The molecule has 0 aromatic heterocycles. The van der Waals surface area contributed by atoms with E-state index in [0.29, 0.717) is 38.1 Å². The van der Waals surface area contributed by atoms with Crippen molar-refractivity contribution in [1.29, 1.82) is 0 Å². The van der Waals surface area contributed by atoms with Crippen molar-refractivity contribution in [2.45, 2.75) is 38.0 Å². The Morgan fingerprint density at radius 3 is 2.42 bits per heavy atom. The van der Waals surface area contributed by atoms with Gasteiger partial charge in [0.2, 0.25) is 6.43 Å². The van der Waals surface area contributed by atoms with Gasteiger partial charge in [-0.15, -0.1) is 0 Å². The molecule has 3 aromatic carbocycles. The molecular weight excluding hydrogens is 416 g/mol. The van der Waals surface area contributed by atoms with Gasteiger partial charge in [0, 0.05) is 31.5 Å². The van der Waals surface area contributed by atoms with E-state index in [1.807, 2.05) is 4.90 Å². The highest BCUT2D eigenvalue weighted by atomic mass is 19.3. The Balaban J connectivity index is 1.31. The maximum absolute atomic E-state index is 12.6.